The van der Waals surface area contributed by atoms with E-state index in [0.29, 0.717) is 16.7 Å². The molecule has 0 aliphatic carbocycles. The van der Waals surface area contributed by atoms with Crippen molar-refractivity contribution >= 4 is 29.3 Å². The molecule has 1 aromatic heterocycles. The van der Waals surface area contributed by atoms with E-state index in [4.69, 9.17) is 4.74 Å². The molecule has 8 nitrogen and oxygen atoms in total. The van der Waals surface area contributed by atoms with Gasteiger partial charge in [0, 0.05) is 12.7 Å². The molecule has 1 atom stereocenters. The molecule has 180 valence electrons. The lowest BCUT2D eigenvalue weighted by Crippen LogP contribution is -2.36. The van der Waals surface area contributed by atoms with Crippen LogP contribution < -0.4 is 15.4 Å². The van der Waals surface area contributed by atoms with E-state index >= 15 is 0 Å². The van der Waals surface area contributed by atoms with E-state index in [2.05, 4.69) is 27.8 Å². The Morgan fingerprint density at radius 3 is 2.41 bits per heavy atom. The van der Waals surface area contributed by atoms with Gasteiger partial charge in [-0.1, -0.05) is 49.0 Å². The second-order valence-electron chi connectivity index (χ2n) is 8.04. The topological polar surface area (TPSA) is 98.1 Å². The number of hydrogen-bond donors (Lipinski definition) is 2. The number of aryl methyl sites for hydroxylation is 3. The van der Waals surface area contributed by atoms with E-state index < -0.39 is 6.10 Å². The maximum Gasteiger partial charge on any atom is 0.261 e. The molecule has 0 saturated heterocycles. The molecule has 0 aliphatic heterocycles. The van der Waals surface area contributed by atoms with Crippen molar-refractivity contribution < 1.29 is 14.3 Å². The van der Waals surface area contributed by atoms with Gasteiger partial charge in [0.1, 0.15) is 5.75 Å². The molecule has 3 aromatic rings. The van der Waals surface area contributed by atoms with Crippen molar-refractivity contribution in [3.05, 3.63) is 65.0 Å². The monoisotopic (exact) mass is 481 g/mol. The van der Waals surface area contributed by atoms with E-state index in [1.54, 1.807) is 11.5 Å². The zero-order valence-corrected chi connectivity index (χ0v) is 21.0. The van der Waals surface area contributed by atoms with Crippen molar-refractivity contribution in [2.45, 2.75) is 51.9 Å². The Bertz CT molecular complexity index is 1120. The Morgan fingerprint density at radius 1 is 1.09 bits per heavy atom. The lowest BCUT2D eigenvalue weighted by Gasteiger charge is -2.15. The summed E-state index contributed by atoms with van der Waals surface area (Å²) < 4.78 is 7.50. The van der Waals surface area contributed by atoms with Crippen LogP contribution in [-0.2, 0) is 29.6 Å². The minimum absolute atomic E-state index is 0.113. The molecule has 9 heteroatoms. The lowest BCUT2D eigenvalue weighted by atomic mass is 10.1. The van der Waals surface area contributed by atoms with Gasteiger partial charge >= 0.3 is 0 Å². The number of anilines is 1. The summed E-state index contributed by atoms with van der Waals surface area (Å²) in [5, 5.41) is 14.7. The molecule has 0 saturated carbocycles. The van der Waals surface area contributed by atoms with Crippen molar-refractivity contribution in [1.82, 2.24) is 20.1 Å². The predicted octanol–water partition coefficient (Wildman–Crippen LogP) is 3.81. The Labute approximate surface area is 204 Å². The van der Waals surface area contributed by atoms with Crippen molar-refractivity contribution in [3.63, 3.8) is 0 Å². The molecule has 3 rings (SSSR count). The summed E-state index contributed by atoms with van der Waals surface area (Å²) in [4.78, 5) is 24.9. The highest BCUT2D eigenvalue weighted by Gasteiger charge is 2.17. The summed E-state index contributed by atoms with van der Waals surface area (Å²) in [6.45, 7) is 7.93. The van der Waals surface area contributed by atoms with Gasteiger partial charge in [0.2, 0.25) is 5.91 Å². The molecule has 2 N–H and O–H groups in total. The first-order valence-corrected chi connectivity index (χ1v) is 12.2. The number of benzene rings is 2. The maximum absolute atomic E-state index is 12.5. The lowest BCUT2D eigenvalue weighted by molar-refractivity contribution is -0.127. The van der Waals surface area contributed by atoms with Crippen LogP contribution in [0.5, 0.6) is 5.75 Å². The first-order chi connectivity index (χ1) is 16.3. The maximum atomic E-state index is 12.5. The average Bonchev–Trinajstić information content (AvgIpc) is 3.18. The van der Waals surface area contributed by atoms with Gasteiger partial charge < -0.3 is 19.9 Å². The third-order valence-corrected chi connectivity index (χ3v) is 6.46. The Hall–Kier alpha value is -3.33. The van der Waals surface area contributed by atoms with Gasteiger partial charge in [-0.2, -0.15) is 0 Å². The molecular weight excluding hydrogens is 450 g/mol. The van der Waals surface area contributed by atoms with Gasteiger partial charge in [-0.15, -0.1) is 10.2 Å². The normalized spacial score (nSPS) is 11.7. The van der Waals surface area contributed by atoms with Crippen LogP contribution in [0.25, 0.3) is 0 Å². The van der Waals surface area contributed by atoms with Crippen LogP contribution in [0.2, 0.25) is 0 Å². The fraction of sp³-hybridized carbons (Fsp3) is 0.360. The molecule has 34 heavy (non-hydrogen) atoms. The first-order valence-electron chi connectivity index (χ1n) is 11.2. The number of rotatable bonds is 10. The van der Waals surface area contributed by atoms with Gasteiger partial charge in [0.15, 0.2) is 17.1 Å². The molecule has 0 aliphatic rings. The summed E-state index contributed by atoms with van der Waals surface area (Å²) in [6, 6.07) is 13.6. The number of ether oxygens (including phenoxy) is 1. The molecule has 0 radical (unpaired) electrons. The van der Waals surface area contributed by atoms with Crippen molar-refractivity contribution in [2.24, 2.45) is 7.05 Å². The molecule has 1 heterocycles. The summed E-state index contributed by atoms with van der Waals surface area (Å²) in [5.74, 6) is 1.08. The highest BCUT2D eigenvalue weighted by Crippen LogP contribution is 2.21. The number of hydrogen-bond acceptors (Lipinski definition) is 6. The van der Waals surface area contributed by atoms with Crippen LogP contribution in [0.1, 0.15) is 36.4 Å². The van der Waals surface area contributed by atoms with E-state index in [1.807, 2.05) is 63.4 Å². The van der Waals surface area contributed by atoms with Crippen LogP contribution >= 0.6 is 11.8 Å². The van der Waals surface area contributed by atoms with Gasteiger partial charge in [0.05, 0.1) is 12.3 Å². The van der Waals surface area contributed by atoms with Crippen molar-refractivity contribution in [3.8, 4) is 5.75 Å². The SMILES string of the molecule is CCc1ccc(O[C@H](C)C(=O)NCc2nnc(SCC(=O)Nc3c(C)cccc3C)n2C)cc1. The summed E-state index contributed by atoms with van der Waals surface area (Å²) in [6.07, 6.45) is 0.300. The summed E-state index contributed by atoms with van der Waals surface area (Å²) in [5.41, 5.74) is 4.09. The molecule has 0 fully saturated rings. The highest BCUT2D eigenvalue weighted by molar-refractivity contribution is 7.99. The average molecular weight is 482 g/mol. The van der Waals surface area contributed by atoms with Crippen molar-refractivity contribution in [1.29, 1.82) is 0 Å². The standard InChI is InChI=1S/C25H31N5O3S/c1-6-19-10-12-20(13-11-19)33-18(4)24(32)26-14-21-28-29-25(30(21)5)34-15-22(31)27-23-16(2)8-7-9-17(23)3/h7-13,18H,6,14-15H2,1-5H3,(H,26,32)(H,27,31)/t18-/m1/s1. The second kappa shape index (κ2) is 11.7. The van der Waals surface area contributed by atoms with E-state index in [0.717, 1.165) is 23.2 Å². The predicted molar refractivity (Wildman–Crippen MR) is 134 cm³/mol. The number of nitrogens with one attached hydrogen (secondary N) is 2. The Balaban J connectivity index is 1.48. The van der Waals surface area contributed by atoms with Crippen LogP contribution in [0.4, 0.5) is 5.69 Å². The van der Waals surface area contributed by atoms with E-state index in [1.165, 1.54) is 17.3 Å². The smallest absolute Gasteiger partial charge is 0.261 e. The number of nitrogens with zero attached hydrogens (tertiary/aromatic N) is 3. The summed E-state index contributed by atoms with van der Waals surface area (Å²) >= 11 is 1.29. The zero-order chi connectivity index (χ0) is 24.7. The summed E-state index contributed by atoms with van der Waals surface area (Å²) in [7, 11) is 1.81. The molecule has 0 unspecified atom stereocenters. The molecular formula is C25H31N5O3S. The van der Waals surface area contributed by atoms with Crippen LogP contribution in [-0.4, -0.2) is 38.4 Å². The van der Waals surface area contributed by atoms with Gasteiger partial charge in [-0.25, -0.2) is 0 Å². The molecule has 0 spiro atoms. The number of para-hydroxylation sites is 1. The Morgan fingerprint density at radius 2 is 1.76 bits per heavy atom. The second-order valence-corrected chi connectivity index (χ2v) is 8.98. The molecule has 0 bridgehead atoms. The van der Waals surface area contributed by atoms with Crippen LogP contribution in [0.3, 0.4) is 0 Å². The van der Waals surface area contributed by atoms with Crippen LogP contribution in [0.15, 0.2) is 47.6 Å². The third-order valence-electron chi connectivity index (χ3n) is 5.44. The third kappa shape index (κ3) is 6.60. The Kier molecular flexibility index (Phi) is 8.70. The minimum Gasteiger partial charge on any atom is -0.481 e. The van der Waals surface area contributed by atoms with Gasteiger partial charge in [-0.05, 0) is 56.0 Å². The minimum atomic E-state index is -0.650. The number of aromatic nitrogens is 3. The highest BCUT2D eigenvalue weighted by atomic mass is 32.2. The van der Waals surface area contributed by atoms with Gasteiger partial charge in [0.25, 0.3) is 5.91 Å². The van der Waals surface area contributed by atoms with Crippen LogP contribution in [0, 0.1) is 13.8 Å². The number of carbonyl (C=O) groups excluding carboxylic acids is 2. The van der Waals surface area contributed by atoms with Gasteiger partial charge in [-0.3, -0.25) is 9.59 Å². The largest absolute Gasteiger partial charge is 0.481 e. The van der Waals surface area contributed by atoms with E-state index in [9.17, 15) is 9.59 Å². The number of carbonyl (C=O) groups is 2. The fourth-order valence-corrected chi connectivity index (χ4v) is 4.04. The number of thioether (sulfide) groups is 1. The zero-order valence-electron chi connectivity index (χ0n) is 20.2. The first kappa shape index (κ1) is 25.3. The molecule has 2 aromatic carbocycles. The molecule has 2 amide bonds. The van der Waals surface area contributed by atoms with Crippen molar-refractivity contribution in [2.75, 3.05) is 11.1 Å². The fourth-order valence-electron chi connectivity index (χ4n) is 3.31. The quantitative estimate of drug-likeness (QED) is 0.428. The number of amides is 2. The van der Waals surface area contributed by atoms with E-state index in [-0.39, 0.29) is 24.1 Å².